The molecule has 0 aliphatic carbocycles. The summed E-state index contributed by atoms with van der Waals surface area (Å²) in [5.41, 5.74) is 8.19. The lowest BCUT2D eigenvalue weighted by Crippen LogP contribution is -2.19. The quantitative estimate of drug-likeness (QED) is 0.763. The zero-order chi connectivity index (χ0) is 19.3. The Kier molecular flexibility index (Phi) is 6.26. The molecular formula is C19H20F3NO3. The highest BCUT2D eigenvalue weighted by atomic mass is 19.4. The van der Waals surface area contributed by atoms with E-state index >= 15 is 0 Å². The summed E-state index contributed by atoms with van der Waals surface area (Å²) in [6.07, 6.45) is -4.88. The normalized spacial score (nSPS) is 12.5. The van der Waals surface area contributed by atoms with E-state index in [9.17, 15) is 18.0 Å². The second-order valence-electron chi connectivity index (χ2n) is 5.73. The van der Waals surface area contributed by atoms with Crippen LogP contribution in [0.4, 0.5) is 13.2 Å². The molecular weight excluding hydrogens is 347 g/mol. The van der Waals surface area contributed by atoms with Gasteiger partial charge in [-0.05, 0) is 42.7 Å². The number of ether oxygens (including phenoxy) is 2. The van der Waals surface area contributed by atoms with Crippen LogP contribution in [-0.4, -0.2) is 18.9 Å². The standard InChI is InChI=1S/C19H20F3NO3/c1-3-25-18(24)11-16(23)13-8-9-17(26-19(20,21)22)15(10-13)14-7-5-4-6-12(14)2/h4-10,16H,3,11,23H2,1-2H3. The first-order valence-electron chi connectivity index (χ1n) is 8.08. The van der Waals surface area contributed by atoms with Gasteiger partial charge < -0.3 is 15.2 Å². The smallest absolute Gasteiger partial charge is 0.466 e. The highest BCUT2D eigenvalue weighted by molar-refractivity contribution is 5.75. The summed E-state index contributed by atoms with van der Waals surface area (Å²) in [6, 6.07) is 10.5. The number of hydrogen-bond acceptors (Lipinski definition) is 4. The summed E-state index contributed by atoms with van der Waals surface area (Å²) in [5, 5.41) is 0. The molecule has 0 aliphatic heterocycles. The van der Waals surface area contributed by atoms with Crippen molar-refractivity contribution in [1.29, 1.82) is 0 Å². The average molecular weight is 367 g/mol. The maximum atomic E-state index is 12.7. The van der Waals surface area contributed by atoms with Gasteiger partial charge in [0.25, 0.3) is 0 Å². The molecule has 0 aliphatic rings. The molecule has 0 heterocycles. The molecule has 0 bridgehead atoms. The Balaban J connectivity index is 2.44. The van der Waals surface area contributed by atoms with Gasteiger partial charge in [-0.25, -0.2) is 0 Å². The number of nitrogens with two attached hydrogens (primary N) is 1. The molecule has 0 saturated carbocycles. The lowest BCUT2D eigenvalue weighted by atomic mass is 9.95. The minimum Gasteiger partial charge on any atom is -0.466 e. The van der Waals surface area contributed by atoms with Crippen molar-refractivity contribution in [2.45, 2.75) is 32.7 Å². The molecule has 140 valence electrons. The first-order valence-corrected chi connectivity index (χ1v) is 8.08. The van der Waals surface area contributed by atoms with Crippen LogP contribution in [0.2, 0.25) is 0 Å². The Hall–Kier alpha value is -2.54. The third kappa shape index (κ3) is 5.23. The van der Waals surface area contributed by atoms with Crippen LogP contribution in [0.15, 0.2) is 42.5 Å². The maximum absolute atomic E-state index is 12.7. The highest BCUT2D eigenvalue weighted by Gasteiger charge is 2.32. The van der Waals surface area contributed by atoms with Gasteiger partial charge >= 0.3 is 12.3 Å². The van der Waals surface area contributed by atoms with Crippen molar-refractivity contribution >= 4 is 5.97 Å². The van der Waals surface area contributed by atoms with Crippen LogP contribution in [0, 0.1) is 6.92 Å². The number of carbonyl (C=O) groups is 1. The molecule has 4 nitrogen and oxygen atoms in total. The number of aryl methyl sites for hydroxylation is 1. The van der Waals surface area contributed by atoms with E-state index in [1.165, 1.54) is 18.2 Å². The minimum atomic E-state index is -4.81. The monoisotopic (exact) mass is 367 g/mol. The number of carbonyl (C=O) groups excluding carboxylic acids is 1. The molecule has 2 rings (SSSR count). The Morgan fingerprint density at radius 2 is 1.85 bits per heavy atom. The minimum absolute atomic E-state index is 0.0689. The average Bonchev–Trinajstić information content (AvgIpc) is 2.54. The fraction of sp³-hybridized carbons (Fsp3) is 0.316. The largest absolute Gasteiger partial charge is 0.573 e. The van der Waals surface area contributed by atoms with Crippen molar-refractivity contribution in [2.75, 3.05) is 6.61 Å². The Morgan fingerprint density at radius 1 is 1.15 bits per heavy atom. The number of rotatable bonds is 6. The zero-order valence-electron chi connectivity index (χ0n) is 14.5. The van der Waals surface area contributed by atoms with Crippen molar-refractivity contribution in [1.82, 2.24) is 0 Å². The van der Waals surface area contributed by atoms with Gasteiger partial charge in [0, 0.05) is 11.6 Å². The summed E-state index contributed by atoms with van der Waals surface area (Å²) in [6.45, 7) is 3.71. The van der Waals surface area contributed by atoms with Crippen molar-refractivity contribution in [3.8, 4) is 16.9 Å². The molecule has 1 unspecified atom stereocenters. The van der Waals surface area contributed by atoms with E-state index < -0.39 is 18.4 Å². The van der Waals surface area contributed by atoms with Gasteiger partial charge in [0.05, 0.1) is 13.0 Å². The molecule has 26 heavy (non-hydrogen) atoms. The van der Waals surface area contributed by atoms with E-state index in [2.05, 4.69) is 4.74 Å². The molecule has 0 radical (unpaired) electrons. The van der Waals surface area contributed by atoms with Crippen LogP contribution in [0.3, 0.4) is 0 Å². The van der Waals surface area contributed by atoms with Gasteiger partial charge in [0.2, 0.25) is 0 Å². The van der Waals surface area contributed by atoms with Gasteiger partial charge in [-0.2, -0.15) is 0 Å². The first-order chi connectivity index (χ1) is 12.2. The maximum Gasteiger partial charge on any atom is 0.573 e. The summed E-state index contributed by atoms with van der Waals surface area (Å²) in [7, 11) is 0. The fourth-order valence-corrected chi connectivity index (χ4v) is 2.59. The lowest BCUT2D eigenvalue weighted by Gasteiger charge is -2.18. The Morgan fingerprint density at radius 3 is 2.46 bits per heavy atom. The Labute approximate surface area is 149 Å². The SMILES string of the molecule is CCOC(=O)CC(N)c1ccc(OC(F)(F)F)c(-c2ccccc2C)c1. The lowest BCUT2D eigenvalue weighted by molar-refractivity contribution is -0.274. The first kappa shape index (κ1) is 19.8. The second-order valence-corrected chi connectivity index (χ2v) is 5.73. The van der Waals surface area contributed by atoms with E-state index in [1.54, 1.807) is 38.1 Å². The Bertz CT molecular complexity index is 775. The topological polar surface area (TPSA) is 61.5 Å². The van der Waals surface area contributed by atoms with Crippen molar-refractivity contribution < 1.29 is 27.4 Å². The second kappa shape index (κ2) is 8.23. The van der Waals surface area contributed by atoms with E-state index in [0.29, 0.717) is 11.1 Å². The number of benzene rings is 2. The van der Waals surface area contributed by atoms with Gasteiger partial charge in [-0.1, -0.05) is 30.3 Å². The number of hydrogen-bond donors (Lipinski definition) is 1. The van der Waals surface area contributed by atoms with Gasteiger partial charge in [-0.3, -0.25) is 4.79 Å². The van der Waals surface area contributed by atoms with Crippen LogP contribution >= 0.6 is 0 Å². The van der Waals surface area contributed by atoms with Crippen LogP contribution in [0.25, 0.3) is 11.1 Å². The summed E-state index contributed by atoms with van der Waals surface area (Å²) in [5.74, 6) is -0.785. The molecule has 1 atom stereocenters. The van der Waals surface area contributed by atoms with E-state index in [-0.39, 0.29) is 24.3 Å². The van der Waals surface area contributed by atoms with Gasteiger partial charge in [0.1, 0.15) is 5.75 Å². The van der Waals surface area contributed by atoms with Crippen molar-refractivity contribution in [3.05, 3.63) is 53.6 Å². The predicted molar refractivity (Wildman–Crippen MR) is 91.5 cm³/mol. The molecule has 0 spiro atoms. The summed E-state index contributed by atoms with van der Waals surface area (Å²) in [4.78, 5) is 11.6. The van der Waals surface area contributed by atoms with Crippen LogP contribution in [-0.2, 0) is 9.53 Å². The number of halogens is 3. The molecule has 2 N–H and O–H groups in total. The van der Waals surface area contributed by atoms with E-state index in [0.717, 1.165) is 5.56 Å². The molecule has 0 amide bonds. The van der Waals surface area contributed by atoms with Crippen LogP contribution in [0.5, 0.6) is 5.75 Å². The molecule has 7 heteroatoms. The zero-order valence-corrected chi connectivity index (χ0v) is 14.5. The third-order valence-electron chi connectivity index (χ3n) is 3.78. The molecule has 2 aromatic rings. The molecule has 0 saturated heterocycles. The predicted octanol–water partition coefficient (Wildman–Crippen LogP) is 4.51. The van der Waals surface area contributed by atoms with Gasteiger partial charge in [0.15, 0.2) is 0 Å². The molecule has 0 fully saturated rings. The van der Waals surface area contributed by atoms with Crippen LogP contribution in [0.1, 0.15) is 30.5 Å². The molecule has 0 aromatic heterocycles. The van der Waals surface area contributed by atoms with Crippen molar-refractivity contribution in [3.63, 3.8) is 0 Å². The van der Waals surface area contributed by atoms with E-state index in [1.807, 2.05) is 0 Å². The van der Waals surface area contributed by atoms with Gasteiger partial charge in [-0.15, -0.1) is 13.2 Å². The number of esters is 1. The summed E-state index contributed by atoms with van der Waals surface area (Å²) < 4.78 is 47.3. The van der Waals surface area contributed by atoms with Crippen molar-refractivity contribution in [2.24, 2.45) is 5.73 Å². The fourth-order valence-electron chi connectivity index (χ4n) is 2.59. The van der Waals surface area contributed by atoms with E-state index in [4.69, 9.17) is 10.5 Å². The summed E-state index contributed by atoms with van der Waals surface area (Å²) >= 11 is 0. The molecule has 2 aromatic carbocycles. The van der Waals surface area contributed by atoms with Crippen LogP contribution < -0.4 is 10.5 Å². The highest BCUT2D eigenvalue weighted by Crippen LogP contribution is 2.37. The number of alkyl halides is 3. The third-order valence-corrected chi connectivity index (χ3v) is 3.78.